The molecule has 0 spiro atoms. The van der Waals surface area contributed by atoms with Crippen LogP contribution < -0.4 is 11.1 Å². The number of rotatable bonds is 5. The van der Waals surface area contributed by atoms with E-state index >= 15 is 0 Å². The van der Waals surface area contributed by atoms with Crippen molar-refractivity contribution in [1.29, 1.82) is 0 Å². The van der Waals surface area contributed by atoms with Crippen LogP contribution in [-0.2, 0) is 19.1 Å². The molecule has 0 saturated heterocycles. The lowest BCUT2D eigenvalue weighted by atomic mass is 9.87. The minimum absolute atomic E-state index is 0.261. The summed E-state index contributed by atoms with van der Waals surface area (Å²) in [6, 6.07) is 0. The Balaban J connectivity index is 4.81. The Labute approximate surface area is 125 Å². The van der Waals surface area contributed by atoms with Gasteiger partial charge in [0.05, 0.1) is 12.6 Å². The Kier molecular flexibility index (Phi) is 5.93. The van der Waals surface area contributed by atoms with Crippen molar-refractivity contribution in [3.63, 3.8) is 0 Å². The van der Waals surface area contributed by atoms with Gasteiger partial charge >= 0.3 is 12.1 Å². The van der Waals surface area contributed by atoms with Crippen LogP contribution >= 0.6 is 0 Å². The molecule has 0 aliphatic carbocycles. The van der Waals surface area contributed by atoms with E-state index in [1.54, 1.807) is 20.8 Å². The first-order valence-corrected chi connectivity index (χ1v) is 6.63. The topological polar surface area (TPSA) is 108 Å². The van der Waals surface area contributed by atoms with Crippen LogP contribution in [0.15, 0.2) is 0 Å². The smallest absolute Gasteiger partial charge is 0.408 e. The van der Waals surface area contributed by atoms with Crippen LogP contribution in [0, 0.1) is 0 Å². The molecule has 21 heavy (non-hydrogen) atoms. The first-order valence-electron chi connectivity index (χ1n) is 6.63. The maximum atomic E-state index is 12.2. The third kappa shape index (κ3) is 6.57. The second kappa shape index (κ2) is 6.43. The fourth-order valence-corrected chi connectivity index (χ4v) is 1.49. The molecule has 1 amide bonds. The molecule has 0 aliphatic heterocycles. The molecule has 0 fully saturated rings. The SMILES string of the molecule is COC(=O)C(C)(N)CC(=O)C(C)(C)NC(=O)OC(C)(C)C. The van der Waals surface area contributed by atoms with Crippen molar-refractivity contribution in [2.45, 2.75) is 64.6 Å². The molecular weight excluding hydrogens is 276 g/mol. The molecule has 0 aromatic rings. The van der Waals surface area contributed by atoms with E-state index in [1.807, 2.05) is 0 Å². The number of nitrogens with one attached hydrogen (secondary N) is 1. The summed E-state index contributed by atoms with van der Waals surface area (Å²) in [6.45, 7) is 9.60. The lowest BCUT2D eigenvalue weighted by Crippen LogP contribution is -2.56. The fourth-order valence-electron chi connectivity index (χ4n) is 1.49. The molecule has 3 N–H and O–H groups in total. The van der Waals surface area contributed by atoms with Gasteiger partial charge in [-0.3, -0.25) is 9.59 Å². The summed E-state index contributed by atoms with van der Waals surface area (Å²) < 4.78 is 9.64. The van der Waals surface area contributed by atoms with Gasteiger partial charge < -0.3 is 20.5 Å². The van der Waals surface area contributed by atoms with Gasteiger partial charge in [-0.15, -0.1) is 0 Å². The molecule has 0 heterocycles. The minimum atomic E-state index is -1.45. The fraction of sp³-hybridized carbons (Fsp3) is 0.786. The van der Waals surface area contributed by atoms with Gasteiger partial charge in [-0.05, 0) is 41.5 Å². The molecule has 0 saturated carbocycles. The summed E-state index contributed by atoms with van der Waals surface area (Å²) >= 11 is 0. The van der Waals surface area contributed by atoms with Crippen LogP contribution in [0.4, 0.5) is 4.79 Å². The van der Waals surface area contributed by atoms with E-state index in [0.29, 0.717) is 0 Å². The molecule has 7 heteroatoms. The average molecular weight is 302 g/mol. The van der Waals surface area contributed by atoms with Gasteiger partial charge in [-0.2, -0.15) is 0 Å². The number of carbonyl (C=O) groups is 3. The Hall–Kier alpha value is -1.63. The van der Waals surface area contributed by atoms with Crippen LogP contribution in [0.25, 0.3) is 0 Å². The highest BCUT2D eigenvalue weighted by molar-refractivity contribution is 5.95. The third-order valence-electron chi connectivity index (χ3n) is 2.69. The Morgan fingerprint density at radius 3 is 1.90 bits per heavy atom. The second-order valence-corrected chi connectivity index (χ2v) is 6.76. The van der Waals surface area contributed by atoms with Crippen molar-refractivity contribution in [1.82, 2.24) is 5.32 Å². The van der Waals surface area contributed by atoms with Crippen LogP contribution in [0.2, 0.25) is 0 Å². The zero-order valence-corrected chi connectivity index (χ0v) is 13.8. The number of nitrogens with two attached hydrogens (primary N) is 1. The molecule has 1 unspecified atom stereocenters. The van der Waals surface area contributed by atoms with E-state index in [1.165, 1.54) is 27.9 Å². The predicted octanol–water partition coefficient (Wildman–Crippen LogP) is 1.14. The quantitative estimate of drug-likeness (QED) is 0.737. The third-order valence-corrected chi connectivity index (χ3v) is 2.69. The largest absolute Gasteiger partial charge is 0.468 e. The summed E-state index contributed by atoms with van der Waals surface area (Å²) in [5.41, 5.74) is 2.44. The van der Waals surface area contributed by atoms with Crippen LogP contribution in [0.5, 0.6) is 0 Å². The predicted molar refractivity (Wildman–Crippen MR) is 77.7 cm³/mol. The molecule has 0 bridgehead atoms. The number of esters is 1. The van der Waals surface area contributed by atoms with Crippen molar-refractivity contribution in [2.75, 3.05) is 7.11 Å². The van der Waals surface area contributed by atoms with E-state index in [9.17, 15) is 14.4 Å². The van der Waals surface area contributed by atoms with E-state index in [4.69, 9.17) is 10.5 Å². The number of ether oxygens (including phenoxy) is 2. The number of carbonyl (C=O) groups excluding carboxylic acids is 3. The standard InChI is InChI=1S/C14H26N2O5/c1-12(2,3)21-11(19)16-13(4,5)9(17)8-14(6,15)10(18)20-7/h8,15H2,1-7H3,(H,16,19). The Morgan fingerprint density at radius 2 is 1.52 bits per heavy atom. The lowest BCUT2D eigenvalue weighted by Gasteiger charge is -2.30. The molecule has 122 valence electrons. The number of Topliss-reactive ketones (excluding diaryl/α,β-unsaturated/α-hetero) is 1. The molecule has 0 radical (unpaired) electrons. The number of alkyl carbamates (subject to hydrolysis) is 1. The van der Waals surface area contributed by atoms with E-state index < -0.39 is 34.5 Å². The van der Waals surface area contributed by atoms with Gasteiger partial charge in [0, 0.05) is 6.42 Å². The Bertz CT molecular complexity index is 422. The highest BCUT2D eigenvalue weighted by Gasteiger charge is 2.39. The number of methoxy groups -OCH3 is 1. The second-order valence-electron chi connectivity index (χ2n) is 6.76. The van der Waals surface area contributed by atoms with Gasteiger partial charge in [0.25, 0.3) is 0 Å². The molecular formula is C14H26N2O5. The molecule has 0 aliphatic rings. The van der Waals surface area contributed by atoms with Crippen molar-refractivity contribution in [2.24, 2.45) is 5.73 Å². The van der Waals surface area contributed by atoms with Gasteiger partial charge in [-0.25, -0.2) is 4.79 Å². The van der Waals surface area contributed by atoms with E-state index in [-0.39, 0.29) is 6.42 Å². The molecule has 7 nitrogen and oxygen atoms in total. The number of amides is 1. The molecule has 0 rings (SSSR count). The molecule has 0 aromatic carbocycles. The van der Waals surface area contributed by atoms with Crippen molar-refractivity contribution >= 4 is 17.8 Å². The summed E-state index contributed by atoms with van der Waals surface area (Å²) in [5.74, 6) is -1.09. The molecule has 0 aromatic heterocycles. The van der Waals surface area contributed by atoms with Gasteiger partial charge in [0.2, 0.25) is 0 Å². The minimum Gasteiger partial charge on any atom is -0.468 e. The summed E-state index contributed by atoms with van der Waals surface area (Å²) in [6.07, 6.45) is -0.972. The Morgan fingerprint density at radius 1 is 1.05 bits per heavy atom. The lowest BCUT2D eigenvalue weighted by molar-refractivity contribution is -0.148. The normalized spacial score (nSPS) is 14.9. The van der Waals surface area contributed by atoms with Crippen molar-refractivity contribution in [3.05, 3.63) is 0 Å². The van der Waals surface area contributed by atoms with E-state index in [0.717, 1.165) is 0 Å². The maximum Gasteiger partial charge on any atom is 0.408 e. The monoisotopic (exact) mass is 302 g/mol. The van der Waals surface area contributed by atoms with Crippen LogP contribution in [-0.4, -0.2) is 41.6 Å². The zero-order chi connectivity index (χ0) is 17.1. The average Bonchev–Trinajstić information content (AvgIpc) is 2.23. The first-order chi connectivity index (χ1) is 9.21. The highest BCUT2D eigenvalue weighted by Crippen LogP contribution is 2.16. The van der Waals surface area contributed by atoms with Gasteiger partial charge in [0.1, 0.15) is 11.1 Å². The van der Waals surface area contributed by atoms with Gasteiger partial charge in [0.15, 0.2) is 5.78 Å². The summed E-state index contributed by atoms with van der Waals surface area (Å²) in [5, 5.41) is 2.47. The van der Waals surface area contributed by atoms with Crippen LogP contribution in [0.1, 0.15) is 48.0 Å². The zero-order valence-electron chi connectivity index (χ0n) is 13.8. The summed E-state index contributed by atoms with van der Waals surface area (Å²) in [4.78, 5) is 35.5. The van der Waals surface area contributed by atoms with Crippen molar-refractivity contribution in [3.8, 4) is 0 Å². The summed E-state index contributed by atoms with van der Waals surface area (Å²) in [7, 11) is 1.20. The maximum absolute atomic E-state index is 12.2. The molecule has 1 atom stereocenters. The first kappa shape index (κ1) is 19.4. The number of hydrogen-bond donors (Lipinski definition) is 2. The van der Waals surface area contributed by atoms with E-state index in [2.05, 4.69) is 10.1 Å². The number of hydrogen-bond acceptors (Lipinski definition) is 6. The van der Waals surface area contributed by atoms with Gasteiger partial charge in [-0.1, -0.05) is 0 Å². The van der Waals surface area contributed by atoms with Crippen molar-refractivity contribution < 1.29 is 23.9 Å². The highest BCUT2D eigenvalue weighted by atomic mass is 16.6. The number of ketones is 1. The van der Waals surface area contributed by atoms with Crippen LogP contribution in [0.3, 0.4) is 0 Å².